The number of oxazole rings is 1. The van der Waals surface area contributed by atoms with E-state index in [0.717, 1.165) is 12.8 Å². The van der Waals surface area contributed by atoms with Crippen LogP contribution >= 0.6 is 0 Å². The van der Waals surface area contributed by atoms with Crippen LogP contribution in [0.15, 0.2) is 34.9 Å². The third-order valence-corrected chi connectivity index (χ3v) is 4.15. The molecule has 0 aliphatic rings. The number of aryl methyl sites for hydroxylation is 1. The molecule has 0 saturated heterocycles. The summed E-state index contributed by atoms with van der Waals surface area (Å²) in [5.74, 6) is 0.136. The predicted molar refractivity (Wildman–Crippen MR) is 97.9 cm³/mol. The van der Waals surface area contributed by atoms with Crippen molar-refractivity contribution in [1.29, 1.82) is 0 Å². The van der Waals surface area contributed by atoms with Crippen LogP contribution in [0.4, 0.5) is 0 Å². The number of esters is 1. The molecule has 140 valence electrons. The van der Waals surface area contributed by atoms with Crippen molar-refractivity contribution in [2.24, 2.45) is 5.92 Å². The van der Waals surface area contributed by atoms with Crippen molar-refractivity contribution < 1.29 is 18.7 Å². The maximum Gasteiger partial charge on any atom is 0.360 e. The van der Waals surface area contributed by atoms with Crippen LogP contribution in [0.2, 0.25) is 0 Å². The van der Waals surface area contributed by atoms with Gasteiger partial charge in [-0.3, -0.25) is 4.79 Å². The van der Waals surface area contributed by atoms with E-state index < -0.39 is 5.97 Å². The standard InChI is InChI=1S/C20H26N2O4/c1-5-15-6-8-16(9-7-15)19(23)22(11-10-14(2)3)12-18-21-17(13-26-18)20(24)25-4/h6-9,13-14H,5,10-12H2,1-4H3. The minimum atomic E-state index is -0.560. The summed E-state index contributed by atoms with van der Waals surface area (Å²) in [6.45, 7) is 7.09. The van der Waals surface area contributed by atoms with Crippen LogP contribution in [0, 0.1) is 5.92 Å². The molecule has 0 saturated carbocycles. The second-order valence-electron chi connectivity index (χ2n) is 6.58. The molecule has 1 amide bonds. The lowest BCUT2D eigenvalue weighted by atomic mass is 10.1. The Labute approximate surface area is 154 Å². The SMILES string of the molecule is CCc1ccc(C(=O)N(CCC(C)C)Cc2nc(C(=O)OC)co2)cc1. The van der Waals surface area contributed by atoms with E-state index >= 15 is 0 Å². The molecule has 26 heavy (non-hydrogen) atoms. The average molecular weight is 358 g/mol. The van der Waals surface area contributed by atoms with Gasteiger partial charge in [0.1, 0.15) is 6.26 Å². The molecule has 0 radical (unpaired) electrons. The Morgan fingerprint density at radius 3 is 2.50 bits per heavy atom. The molecule has 2 aromatic rings. The molecule has 0 N–H and O–H groups in total. The van der Waals surface area contributed by atoms with Gasteiger partial charge in [0, 0.05) is 12.1 Å². The van der Waals surface area contributed by atoms with Crippen molar-refractivity contribution in [3.8, 4) is 0 Å². The zero-order valence-corrected chi connectivity index (χ0v) is 15.8. The number of nitrogens with zero attached hydrogens (tertiary/aromatic N) is 2. The van der Waals surface area contributed by atoms with Crippen LogP contribution in [-0.2, 0) is 17.7 Å². The third-order valence-electron chi connectivity index (χ3n) is 4.15. The van der Waals surface area contributed by atoms with Gasteiger partial charge in [0.2, 0.25) is 5.89 Å². The van der Waals surface area contributed by atoms with E-state index in [2.05, 4.69) is 30.5 Å². The number of amides is 1. The van der Waals surface area contributed by atoms with Gasteiger partial charge in [0.05, 0.1) is 13.7 Å². The van der Waals surface area contributed by atoms with Crippen LogP contribution in [-0.4, -0.2) is 35.4 Å². The second kappa shape index (κ2) is 9.17. The highest BCUT2D eigenvalue weighted by molar-refractivity contribution is 5.94. The Morgan fingerprint density at radius 1 is 1.23 bits per heavy atom. The van der Waals surface area contributed by atoms with Gasteiger partial charge in [-0.25, -0.2) is 9.78 Å². The summed E-state index contributed by atoms with van der Waals surface area (Å²) in [5, 5.41) is 0. The second-order valence-corrected chi connectivity index (χ2v) is 6.58. The van der Waals surface area contributed by atoms with Gasteiger partial charge < -0.3 is 14.1 Å². The maximum absolute atomic E-state index is 12.9. The number of carbonyl (C=O) groups is 2. The van der Waals surface area contributed by atoms with Gasteiger partial charge in [-0.1, -0.05) is 32.9 Å². The van der Waals surface area contributed by atoms with Crippen molar-refractivity contribution in [3.05, 3.63) is 53.2 Å². The summed E-state index contributed by atoms with van der Waals surface area (Å²) in [7, 11) is 1.29. The topological polar surface area (TPSA) is 72.6 Å². The maximum atomic E-state index is 12.9. The number of hydrogen-bond acceptors (Lipinski definition) is 5. The van der Waals surface area contributed by atoms with Crippen molar-refractivity contribution >= 4 is 11.9 Å². The molecule has 6 heteroatoms. The Bertz CT molecular complexity index is 735. The summed E-state index contributed by atoms with van der Waals surface area (Å²) >= 11 is 0. The molecule has 6 nitrogen and oxygen atoms in total. The first-order valence-electron chi connectivity index (χ1n) is 8.85. The first kappa shape index (κ1) is 19.7. The largest absolute Gasteiger partial charge is 0.464 e. The number of carbonyl (C=O) groups excluding carboxylic acids is 2. The molecule has 0 aliphatic heterocycles. The highest BCUT2D eigenvalue weighted by Gasteiger charge is 2.20. The zero-order valence-electron chi connectivity index (χ0n) is 15.8. The molecule has 1 aromatic heterocycles. The molecule has 0 aliphatic carbocycles. The van der Waals surface area contributed by atoms with Gasteiger partial charge in [-0.05, 0) is 36.5 Å². The number of methoxy groups -OCH3 is 1. The summed E-state index contributed by atoms with van der Waals surface area (Å²) < 4.78 is 9.97. The van der Waals surface area contributed by atoms with Gasteiger partial charge in [-0.2, -0.15) is 0 Å². The summed E-state index contributed by atoms with van der Waals surface area (Å²) in [5.41, 5.74) is 1.92. The lowest BCUT2D eigenvalue weighted by Gasteiger charge is -2.22. The Kier molecular flexibility index (Phi) is 6.95. The summed E-state index contributed by atoms with van der Waals surface area (Å²) in [6, 6.07) is 7.63. The quantitative estimate of drug-likeness (QED) is 0.673. The number of rotatable bonds is 8. The molecular weight excluding hydrogens is 332 g/mol. The van der Waals surface area contributed by atoms with Crippen molar-refractivity contribution in [1.82, 2.24) is 9.88 Å². The molecule has 2 rings (SSSR count). The Hall–Kier alpha value is -2.63. The summed E-state index contributed by atoms with van der Waals surface area (Å²) in [6.07, 6.45) is 3.05. The molecule has 0 spiro atoms. The number of hydrogen-bond donors (Lipinski definition) is 0. The van der Waals surface area contributed by atoms with Gasteiger partial charge in [0.25, 0.3) is 5.91 Å². The van der Waals surface area contributed by atoms with Crippen molar-refractivity contribution in [2.45, 2.75) is 40.2 Å². The van der Waals surface area contributed by atoms with E-state index in [-0.39, 0.29) is 18.1 Å². The normalized spacial score (nSPS) is 10.8. The molecule has 1 aromatic carbocycles. The highest BCUT2D eigenvalue weighted by Crippen LogP contribution is 2.14. The Morgan fingerprint density at radius 2 is 1.92 bits per heavy atom. The van der Waals surface area contributed by atoms with E-state index in [1.54, 1.807) is 4.90 Å². The minimum Gasteiger partial charge on any atom is -0.464 e. The van der Waals surface area contributed by atoms with Gasteiger partial charge in [-0.15, -0.1) is 0 Å². The van der Waals surface area contributed by atoms with E-state index in [0.29, 0.717) is 23.9 Å². The first-order chi connectivity index (χ1) is 12.4. The van der Waals surface area contributed by atoms with E-state index in [1.165, 1.54) is 18.9 Å². The predicted octanol–water partition coefficient (Wildman–Crippen LogP) is 3.71. The fraction of sp³-hybridized carbons (Fsp3) is 0.450. The van der Waals surface area contributed by atoms with Crippen LogP contribution in [0.25, 0.3) is 0 Å². The van der Waals surface area contributed by atoms with Crippen LogP contribution < -0.4 is 0 Å². The van der Waals surface area contributed by atoms with Gasteiger partial charge in [0.15, 0.2) is 5.69 Å². The number of ether oxygens (including phenoxy) is 1. The molecule has 0 atom stereocenters. The van der Waals surface area contributed by atoms with Gasteiger partial charge >= 0.3 is 5.97 Å². The van der Waals surface area contributed by atoms with Crippen molar-refractivity contribution in [2.75, 3.05) is 13.7 Å². The first-order valence-corrected chi connectivity index (χ1v) is 8.85. The fourth-order valence-corrected chi connectivity index (χ4v) is 2.48. The van der Waals surface area contributed by atoms with Crippen molar-refractivity contribution in [3.63, 3.8) is 0 Å². The molecule has 1 heterocycles. The van der Waals surface area contributed by atoms with Crippen LogP contribution in [0.3, 0.4) is 0 Å². The zero-order chi connectivity index (χ0) is 19.1. The van der Waals surface area contributed by atoms with Crippen LogP contribution in [0.1, 0.15) is 59.5 Å². The monoisotopic (exact) mass is 358 g/mol. The Balaban J connectivity index is 2.17. The van der Waals surface area contributed by atoms with E-state index in [4.69, 9.17) is 4.42 Å². The van der Waals surface area contributed by atoms with E-state index in [1.807, 2.05) is 24.3 Å². The molecule has 0 bridgehead atoms. The number of aromatic nitrogens is 1. The lowest BCUT2D eigenvalue weighted by Crippen LogP contribution is -2.32. The molecule has 0 fully saturated rings. The van der Waals surface area contributed by atoms with Crippen LogP contribution in [0.5, 0.6) is 0 Å². The average Bonchev–Trinajstić information content (AvgIpc) is 3.12. The smallest absolute Gasteiger partial charge is 0.360 e. The summed E-state index contributed by atoms with van der Waals surface area (Å²) in [4.78, 5) is 30.3. The third kappa shape index (κ3) is 5.18. The van der Waals surface area contributed by atoms with E-state index in [9.17, 15) is 9.59 Å². The fourth-order valence-electron chi connectivity index (χ4n) is 2.48. The molecule has 0 unspecified atom stereocenters. The molecular formula is C20H26N2O4. The highest BCUT2D eigenvalue weighted by atomic mass is 16.5. The number of benzene rings is 1. The lowest BCUT2D eigenvalue weighted by molar-refractivity contribution is 0.0594. The minimum absolute atomic E-state index is 0.0777.